The SMILES string of the molecule is CC(C)CC1(C(=O)NCCCN2CCNCC2)CCCC1.Cl. The van der Waals surface area contributed by atoms with E-state index in [1.807, 2.05) is 0 Å². The Morgan fingerprint density at radius 2 is 1.86 bits per heavy atom. The van der Waals surface area contributed by atoms with Crippen molar-refractivity contribution in [3.63, 3.8) is 0 Å². The van der Waals surface area contributed by atoms with Crippen LogP contribution in [0.5, 0.6) is 0 Å². The third kappa shape index (κ3) is 5.71. The van der Waals surface area contributed by atoms with E-state index >= 15 is 0 Å². The van der Waals surface area contributed by atoms with Gasteiger partial charge in [0.2, 0.25) is 5.91 Å². The highest BCUT2D eigenvalue weighted by molar-refractivity contribution is 5.85. The van der Waals surface area contributed by atoms with E-state index in [4.69, 9.17) is 0 Å². The van der Waals surface area contributed by atoms with Crippen molar-refractivity contribution in [1.82, 2.24) is 15.5 Å². The molecule has 2 rings (SSSR count). The first-order chi connectivity index (χ1) is 10.1. The van der Waals surface area contributed by atoms with Gasteiger partial charge in [-0.1, -0.05) is 26.7 Å². The summed E-state index contributed by atoms with van der Waals surface area (Å²) >= 11 is 0. The molecule has 0 bridgehead atoms. The molecule has 1 heterocycles. The van der Waals surface area contributed by atoms with Crippen molar-refractivity contribution in [2.75, 3.05) is 39.3 Å². The van der Waals surface area contributed by atoms with E-state index in [0.29, 0.717) is 11.8 Å². The molecule has 2 aliphatic rings. The van der Waals surface area contributed by atoms with Crippen LogP contribution in [0.15, 0.2) is 0 Å². The largest absolute Gasteiger partial charge is 0.356 e. The van der Waals surface area contributed by atoms with Crippen LogP contribution in [-0.2, 0) is 4.79 Å². The number of nitrogens with zero attached hydrogens (tertiary/aromatic N) is 1. The lowest BCUT2D eigenvalue weighted by molar-refractivity contribution is -0.131. The predicted molar refractivity (Wildman–Crippen MR) is 94.5 cm³/mol. The maximum atomic E-state index is 12.6. The number of hydrogen-bond donors (Lipinski definition) is 2. The van der Waals surface area contributed by atoms with E-state index < -0.39 is 0 Å². The highest BCUT2D eigenvalue weighted by atomic mass is 35.5. The molecule has 2 N–H and O–H groups in total. The van der Waals surface area contributed by atoms with Gasteiger partial charge in [0.1, 0.15) is 0 Å². The molecule has 22 heavy (non-hydrogen) atoms. The van der Waals surface area contributed by atoms with Crippen LogP contribution >= 0.6 is 12.4 Å². The fourth-order valence-electron chi connectivity index (χ4n) is 3.98. The van der Waals surface area contributed by atoms with E-state index in [-0.39, 0.29) is 17.8 Å². The van der Waals surface area contributed by atoms with Crippen LogP contribution in [0.1, 0.15) is 52.4 Å². The summed E-state index contributed by atoms with van der Waals surface area (Å²) in [7, 11) is 0. The maximum Gasteiger partial charge on any atom is 0.226 e. The minimum Gasteiger partial charge on any atom is -0.356 e. The van der Waals surface area contributed by atoms with Gasteiger partial charge in [0.15, 0.2) is 0 Å². The third-order valence-corrected chi connectivity index (χ3v) is 4.99. The summed E-state index contributed by atoms with van der Waals surface area (Å²) in [5.74, 6) is 0.934. The van der Waals surface area contributed by atoms with E-state index in [1.165, 1.54) is 12.8 Å². The van der Waals surface area contributed by atoms with Gasteiger partial charge in [-0.25, -0.2) is 0 Å². The molecule has 5 heteroatoms. The highest BCUT2D eigenvalue weighted by Gasteiger charge is 2.40. The molecule has 1 aliphatic heterocycles. The van der Waals surface area contributed by atoms with Crippen molar-refractivity contribution in [3.05, 3.63) is 0 Å². The van der Waals surface area contributed by atoms with Gasteiger partial charge >= 0.3 is 0 Å². The lowest BCUT2D eigenvalue weighted by Crippen LogP contribution is -2.45. The van der Waals surface area contributed by atoms with Crippen LogP contribution in [-0.4, -0.2) is 50.1 Å². The lowest BCUT2D eigenvalue weighted by atomic mass is 9.77. The van der Waals surface area contributed by atoms with Gasteiger partial charge in [0, 0.05) is 38.1 Å². The van der Waals surface area contributed by atoms with Gasteiger partial charge in [0.05, 0.1) is 0 Å². The van der Waals surface area contributed by atoms with E-state index in [9.17, 15) is 4.79 Å². The van der Waals surface area contributed by atoms with Gasteiger partial charge in [-0.3, -0.25) is 4.79 Å². The van der Waals surface area contributed by atoms with Crippen molar-refractivity contribution in [1.29, 1.82) is 0 Å². The zero-order valence-electron chi connectivity index (χ0n) is 14.3. The van der Waals surface area contributed by atoms with Crippen LogP contribution in [0, 0.1) is 11.3 Å². The number of nitrogens with one attached hydrogen (secondary N) is 2. The summed E-state index contributed by atoms with van der Waals surface area (Å²) < 4.78 is 0. The molecule has 0 unspecified atom stereocenters. The summed E-state index contributed by atoms with van der Waals surface area (Å²) in [6.45, 7) is 10.9. The number of halogens is 1. The van der Waals surface area contributed by atoms with Gasteiger partial charge in [0.25, 0.3) is 0 Å². The van der Waals surface area contributed by atoms with Crippen LogP contribution in [0.4, 0.5) is 0 Å². The first kappa shape index (κ1) is 19.7. The number of amides is 1. The smallest absolute Gasteiger partial charge is 0.226 e. The lowest BCUT2D eigenvalue weighted by Gasteiger charge is -2.30. The molecule has 0 aromatic rings. The second kappa shape index (κ2) is 9.74. The molecule has 2 fully saturated rings. The van der Waals surface area contributed by atoms with Crippen molar-refractivity contribution in [2.24, 2.45) is 11.3 Å². The highest BCUT2D eigenvalue weighted by Crippen LogP contribution is 2.43. The molecule has 0 spiro atoms. The normalized spacial score (nSPS) is 21.6. The minimum atomic E-state index is -0.0524. The summed E-state index contributed by atoms with van der Waals surface area (Å²) in [4.78, 5) is 15.1. The average molecular weight is 332 g/mol. The second-order valence-electron chi connectivity index (χ2n) is 7.29. The Bertz CT molecular complexity index is 324. The van der Waals surface area contributed by atoms with Crippen molar-refractivity contribution in [2.45, 2.75) is 52.4 Å². The molecular formula is C17H34ClN3O. The Morgan fingerprint density at radius 1 is 1.23 bits per heavy atom. The molecule has 130 valence electrons. The van der Waals surface area contributed by atoms with E-state index in [0.717, 1.165) is 65.0 Å². The first-order valence-corrected chi connectivity index (χ1v) is 8.84. The molecule has 0 radical (unpaired) electrons. The molecular weight excluding hydrogens is 298 g/mol. The molecule has 1 amide bonds. The minimum absolute atomic E-state index is 0. The fourth-order valence-corrected chi connectivity index (χ4v) is 3.98. The standard InChI is InChI=1S/C17H33N3O.ClH/c1-15(2)14-17(6-3-4-7-17)16(21)19-8-5-11-20-12-9-18-10-13-20;/h15,18H,3-14H2,1-2H3,(H,19,21);1H. The van der Waals surface area contributed by atoms with Crippen LogP contribution in [0.25, 0.3) is 0 Å². The first-order valence-electron chi connectivity index (χ1n) is 8.84. The van der Waals surface area contributed by atoms with E-state index in [1.54, 1.807) is 0 Å². The number of carbonyl (C=O) groups excluding carboxylic acids is 1. The van der Waals surface area contributed by atoms with Crippen LogP contribution < -0.4 is 10.6 Å². The predicted octanol–water partition coefficient (Wildman–Crippen LogP) is 2.43. The Kier molecular flexibility index (Phi) is 8.73. The molecule has 1 aliphatic carbocycles. The van der Waals surface area contributed by atoms with Gasteiger partial charge in [-0.2, -0.15) is 0 Å². The monoisotopic (exact) mass is 331 g/mol. The second-order valence-corrected chi connectivity index (χ2v) is 7.29. The number of hydrogen-bond acceptors (Lipinski definition) is 3. The van der Waals surface area contributed by atoms with Crippen LogP contribution in [0.3, 0.4) is 0 Å². The van der Waals surface area contributed by atoms with Gasteiger partial charge in [-0.05, 0) is 38.1 Å². The summed E-state index contributed by atoms with van der Waals surface area (Å²) in [6.07, 6.45) is 6.76. The average Bonchev–Trinajstić information content (AvgIpc) is 2.93. The van der Waals surface area contributed by atoms with Gasteiger partial charge in [-0.15, -0.1) is 12.4 Å². The Labute approximate surface area is 142 Å². The van der Waals surface area contributed by atoms with Crippen LogP contribution in [0.2, 0.25) is 0 Å². The number of carbonyl (C=O) groups is 1. The zero-order chi connectivity index (χ0) is 15.1. The Morgan fingerprint density at radius 3 is 2.45 bits per heavy atom. The third-order valence-electron chi connectivity index (χ3n) is 4.99. The van der Waals surface area contributed by atoms with E-state index in [2.05, 4.69) is 29.4 Å². The summed E-state index contributed by atoms with van der Waals surface area (Å²) in [6, 6.07) is 0. The zero-order valence-corrected chi connectivity index (χ0v) is 15.1. The topological polar surface area (TPSA) is 44.4 Å². The quantitative estimate of drug-likeness (QED) is 0.704. The van der Waals surface area contributed by atoms with Crippen molar-refractivity contribution in [3.8, 4) is 0 Å². The summed E-state index contributed by atoms with van der Waals surface area (Å²) in [5.41, 5.74) is -0.0524. The molecule has 0 aromatic carbocycles. The van der Waals surface area contributed by atoms with Crippen molar-refractivity contribution < 1.29 is 4.79 Å². The Hall–Kier alpha value is -0.320. The molecule has 1 saturated heterocycles. The molecule has 4 nitrogen and oxygen atoms in total. The molecule has 0 atom stereocenters. The molecule has 0 aromatic heterocycles. The fraction of sp³-hybridized carbons (Fsp3) is 0.941. The number of piperazine rings is 1. The molecule has 1 saturated carbocycles. The number of rotatable bonds is 7. The van der Waals surface area contributed by atoms with Crippen molar-refractivity contribution >= 4 is 18.3 Å². The van der Waals surface area contributed by atoms with Gasteiger partial charge < -0.3 is 15.5 Å². The maximum absolute atomic E-state index is 12.6. The Balaban J connectivity index is 0.00000242. The summed E-state index contributed by atoms with van der Waals surface area (Å²) in [5, 5.41) is 6.60.